The molecule has 0 bridgehead atoms. The predicted octanol–water partition coefficient (Wildman–Crippen LogP) is 3.99. The van der Waals surface area contributed by atoms with Gasteiger partial charge in [-0.3, -0.25) is 10.1 Å². The topological polar surface area (TPSA) is 91.1 Å². The van der Waals surface area contributed by atoms with Gasteiger partial charge in [0.25, 0.3) is 0 Å². The highest BCUT2D eigenvalue weighted by Gasteiger charge is 2.11. The van der Waals surface area contributed by atoms with E-state index in [4.69, 9.17) is 4.42 Å². The van der Waals surface area contributed by atoms with Crippen LogP contribution in [0.2, 0.25) is 0 Å². The van der Waals surface area contributed by atoms with Crippen LogP contribution < -0.4 is 10.6 Å². The van der Waals surface area contributed by atoms with Crippen molar-refractivity contribution >= 4 is 29.9 Å². The summed E-state index contributed by atoms with van der Waals surface area (Å²) >= 11 is 0. The molecule has 1 aromatic carbocycles. The number of furan rings is 1. The van der Waals surface area contributed by atoms with Crippen LogP contribution in [-0.2, 0) is 6.42 Å². The van der Waals surface area contributed by atoms with E-state index >= 15 is 0 Å². The number of hydrogen-bond acceptors (Lipinski definition) is 4. The molecular formula is C20H26FIN6O. The lowest BCUT2D eigenvalue weighted by Gasteiger charge is -2.18. The zero-order valence-corrected chi connectivity index (χ0v) is 19.0. The normalized spacial score (nSPS) is 12.3. The Kier molecular flexibility index (Phi) is 8.62. The lowest BCUT2D eigenvalue weighted by atomic mass is 10.1. The van der Waals surface area contributed by atoms with E-state index in [0.717, 1.165) is 17.9 Å². The van der Waals surface area contributed by atoms with Crippen molar-refractivity contribution in [2.75, 3.05) is 13.1 Å². The van der Waals surface area contributed by atoms with Crippen molar-refractivity contribution in [1.29, 1.82) is 0 Å². The highest BCUT2D eigenvalue weighted by Crippen LogP contribution is 2.16. The van der Waals surface area contributed by atoms with Gasteiger partial charge < -0.3 is 15.1 Å². The van der Waals surface area contributed by atoms with Crippen LogP contribution in [0.1, 0.15) is 36.8 Å². The summed E-state index contributed by atoms with van der Waals surface area (Å²) in [5, 5.41) is 13.6. The average Bonchev–Trinajstić information content (AvgIpc) is 3.35. The number of hydrogen-bond donors (Lipinski definition) is 3. The third-order valence-corrected chi connectivity index (χ3v) is 4.29. The van der Waals surface area contributed by atoms with E-state index < -0.39 is 0 Å². The fourth-order valence-corrected chi connectivity index (χ4v) is 2.68. The fourth-order valence-electron chi connectivity index (χ4n) is 2.68. The van der Waals surface area contributed by atoms with Gasteiger partial charge in [-0.25, -0.2) is 9.37 Å². The standard InChI is InChI=1S/C20H25FN6O.HI/c1-4-22-20(24-14(3)15-8-7-13(2)16(21)12-15)23-10-9-18-25-19(27-26-18)17-6-5-11-28-17;/h5-8,11-12,14H,4,9-10H2,1-3H3,(H2,22,23,24)(H,25,26,27);1H. The third kappa shape index (κ3) is 6.28. The van der Waals surface area contributed by atoms with Crippen LogP contribution in [0.5, 0.6) is 0 Å². The molecule has 0 saturated carbocycles. The summed E-state index contributed by atoms with van der Waals surface area (Å²) in [6.45, 7) is 6.98. The van der Waals surface area contributed by atoms with Gasteiger partial charge in [-0.2, -0.15) is 5.10 Å². The first kappa shape index (κ1) is 22.9. The average molecular weight is 512 g/mol. The van der Waals surface area contributed by atoms with E-state index in [2.05, 4.69) is 30.8 Å². The summed E-state index contributed by atoms with van der Waals surface area (Å²) in [5.41, 5.74) is 1.50. The number of halogens is 2. The molecule has 0 amide bonds. The molecule has 0 saturated heterocycles. The van der Waals surface area contributed by atoms with E-state index in [1.54, 1.807) is 31.4 Å². The Labute approximate surface area is 186 Å². The molecule has 2 aromatic heterocycles. The molecule has 1 atom stereocenters. The maximum Gasteiger partial charge on any atom is 0.216 e. The van der Waals surface area contributed by atoms with Gasteiger partial charge in [0, 0.05) is 19.5 Å². The number of nitrogens with one attached hydrogen (secondary N) is 3. The summed E-state index contributed by atoms with van der Waals surface area (Å²) in [6, 6.07) is 8.79. The minimum Gasteiger partial charge on any atom is -0.461 e. The molecule has 0 aliphatic rings. The summed E-state index contributed by atoms with van der Waals surface area (Å²) < 4.78 is 19.1. The Morgan fingerprint density at radius 1 is 1.34 bits per heavy atom. The zero-order chi connectivity index (χ0) is 19.9. The number of guanidine groups is 1. The Morgan fingerprint density at radius 3 is 2.86 bits per heavy atom. The molecule has 0 aliphatic carbocycles. The van der Waals surface area contributed by atoms with Crippen molar-refractivity contribution in [2.45, 2.75) is 33.2 Å². The molecule has 7 nitrogen and oxygen atoms in total. The minimum atomic E-state index is -0.203. The zero-order valence-electron chi connectivity index (χ0n) is 16.7. The molecule has 3 aromatic rings. The lowest BCUT2D eigenvalue weighted by molar-refractivity contribution is 0.577. The second-order valence-electron chi connectivity index (χ2n) is 6.47. The van der Waals surface area contributed by atoms with Gasteiger partial charge in [0.05, 0.1) is 12.3 Å². The van der Waals surface area contributed by atoms with Gasteiger partial charge in [0.1, 0.15) is 11.6 Å². The molecule has 0 spiro atoms. The molecule has 0 aliphatic heterocycles. The van der Waals surface area contributed by atoms with Crippen LogP contribution >= 0.6 is 24.0 Å². The molecular weight excluding hydrogens is 486 g/mol. The SMILES string of the molecule is CCNC(=NCCc1nc(-c2ccco2)n[nH]1)NC(C)c1ccc(C)c(F)c1.I. The van der Waals surface area contributed by atoms with Gasteiger partial charge in [-0.15, -0.1) is 24.0 Å². The largest absolute Gasteiger partial charge is 0.461 e. The van der Waals surface area contributed by atoms with Crippen molar-refractivity contribution in [1.82, 2.24) is 25.8 Å². The third-order valence-electron chi connectivity index (χ3n) is 4.29. The van der Waals surface area contributed by atoms with E-state index in [9.17, 15) is 4.39 Å². The molecule has 0 radical (unpaired) electrons. The Balaban J connectivity index is 0.00000300. The highest BCUT2D eigenvalue weighted by molar-refractivity contribution is 14.0. The monoisotopic (exact) mass is 512 g/mol. The van der Waals surface area contributed by atoms with Crippen LogP contribution in [0.3, 0.4) is 0 Å². The molecule has 3 rings (SSSR count). The Hall–Kier alpha value is -2.43. The first-order valence-corrected chi connectivity index (χ1v) is 9.33. The van der Waals surface area contributed by atoms with Crippen molar-refractivity contribution in [3.63, 3.8) is 0 Å². The van der Waals surface area contributed by atoms with Crippen LogP contribution in [0.15, 0.2) is 46.0 Å². The molecule has 156 valence electrons. The van der Waals surface area contributed by atoms with Crippen molar-refractivity contribution < 1.29 is 8.81 Å². The second-order valence-corrected chi connectivity index (χ2v) is 6.47. The second kappa shape index (κ2) is 10.9. The Morgan fingerprint density at radius 2 is 2.17 bits per heavy atom. The molecule has 2 heterocycles. The van der Waals surface area contributed by atoms with Crippen LogP contribution in [0.25, 0.3) is 11.6 Å². The maximum absolute atomic E-state index is 13.8. The number of aryl methyl sites for hydroxylation is 1. The smallest absolute Gasteiger partial charge is 0.216 e. The van der Waals surface area contributed by atoms with Gasteiger partial charge in [0.15, 0.2) is 11.7 Å². The summed E-state index contributed by atoms with van der Waals surface area (Å²) in [7, 11) is 0. The van der Waals surface area contributed by atoms with Gasteiger partial charge in [-0.1, -0.05) is 12.1 Å². The van der Waals surface area contributed by atoms with E-state index in [-0.39, 0.29) is 35.8 Å². The molecule has 1 unspecified atom stereocenters. The van der Waals surface area contributed by atoms with E-state index in [1.165, 1.54) is 0 Å². The number of aromatic amines is 1. The van der Waals surface area contributed by atoms with Crippen molar-refractivity contribution in [3.05, 3.63) is 59.4 Å². The molecule has 0 fully saturated rings. The first-order valence-electron chi connectivity index (χ1n) is 9.33. The van der Waals surface area contributed by atoms with E-state index in [1.807, 2.05) is 26.0 Å². The fraction of sp³-hybridized carbons (Fsp3) is 0.350. The lowest BCUT2D eigenvalue weighted by Crippen LogP contribution is -2.39. The van der Waals surface area contributed by atoms with Crippen molar-refractivity contribution in [3.8, 4) is 11.6 Å². The summed E-state index contributed by atoms with van der Waals surface area (Å²) in [4.78, 5) is 8.99. The number of benzene rings is 1. The maximum atomic E-state index is 13.8. The quantitative estimate of drug-likeness (QED) is 0.253. The predicted molar refractivity (Wildman–Crippen MR) is 122 cm³/mol. The van der Waals surface area contributed by atoms with Gasteiger partial charge >= 0.3 is 0 Å². The first-order chi connectivity index (χ1) is 13.6. The molecule has 9 heteroatoms. The number of H-pyrrole nitrogens is 1. The van der Waals surface area contributed by atoms with Crippen molar-refractivity contribution in [2.24, 2.45) is 4.99 Å². The van der Waals surface area contributed by atoms with Gasteiger partial charge in [-0.05, 0) is 50.1 Å². The van der Waals surface area contributed by atoms with Crippen LogP contribution in [0.4, 0.5) is 4.39 Å². The number of nitrogens with zero attached hydrogens (tertiary/aromatic N) is 3. The van der Waals surface area contributed by atoms with Gasteiger partial charge in [0.2, 0.25) is 5.82 Å². The van der Waals surface area contributed by atoms with Crippen LogP contribution in [0, 0.1) is 12.7 Å². The highest BCUT2D eigenvalue weighted by atomic mass is 127. The van der Waals surface area contributed by atoms with Crippen LogP contribution in [-0.4, -0.2) is 34.2 Å². The summed E-state index contributed by atoms with van der Waals surface area (Å²) in [5.74, 6) is 2.36. The summed E-state index contributed by atoms with van der Waals surface area (Å²) in [6.07, 6.45) is 2.20. The van der Waals surface area contributed by atoms with E-state index in [0.29, 0.717) is 36.1 Å². The minimum absolute atomic E-state index is 0. The number of aromatic nitrogens is 3. The number of rotatable bonds is 7. The Bertz CT molecular complexity index is 925. The number of aliphatic imine (C=N–C) groups is 1. The molecule has 29 heavy (non-hydrogen) atoms. The molecule has 3 N–H and O–H groups in total.